The number of nitrogens with two attached hydrogens (primary N) is 1. The number of carbonyl (C=O) groups is 3. The minimum atomic E-state index is -0.564. The molecule has 0 radical (unpaired) electrons. The van der Waals surface area contributed by atoms with E-state index in [2.05, 4.69) is 0 Å². The predicted octanol–water partition coefficient (Wildman–Crippen LogP) is 1.13. The van der Waals surface area contributed by atoms with Crippen molar-refractivity contribution in [3.63, 3.8) is 0 Å². The zero-order valence-corrected chi connectivity index (χ0v) is 15.8. The van der Waals surface area contributed by atoms with Crippen LogP contribution in [-0.2, 0) is 19.1 Å². The molecule has 2 amide bonds. The van der Waals surface area contributed by atoms with Gasteiger partial charge in [0.05, 0.1) is 11.7 Å². The molecule has 2 fully saturated rings. The fourth-order valence-electron chi connectivity index (χ4n) is 3.37. The molecule has 2 aliphatic heterocycles. The highest BCUT2D eigenvalue weighted by Crippen LogP contribution is 2.18. The molecule has 0 unspecified atom stereocenters. The van der Waals surface area contributed by atoms with Crippen LogP contribution in [0.25, 0.3) is 0 Å². The smallest absolute Gasteiger partial charge is 0.338 e. The Bertz CT molecular complexity index is 691. The SMILES string of the molecule is NC(=O)C1CCN(C(=O)COC(=O)c2ccc(OC[C@H]3CCCO3)cc2)CC1. The zero-order chi connectivity index (χ0) is 19.9. The second-order valence-electron chi connectivity index (χ2n) is 7.10. The molecule has 2 N–H and O–H groups in total. The molecule has 0 bridgehead atoms. The number of hydrogen-bond donors (Lipinski definition) is 1. The fourth-order valence-corrected chi connectivity index (χ4v) is 3.37. The Morgan fingerprint density at radius 1 is 1.11 bits per heavy atom. The van der Waals surface area contributed by atoms with Gasteiger partial charge in [-0.15, -0.1) is 0 Å². The lowest BCUT2D eigenvalue weighted by Crippen LogP contribution is -2.43. The number of primary amides is 1. The first kappa shape index (κ1) is 20.1. The standard InChI is InChI=1S/C20H26N2O6/c21-19(24)14-7-9-22(10-8-14)18(23)13-28-20(25)15-3-5-16(6-4-15)27-12-17-2-1-11-26-17/h3-6,14,17H,1-2,7-13H2,(H2,21,24)/t17-/m1/s1. The summed E-state index contributed by atoms with van der Waals surface area (Å²) in [6.07, 6.45) is 3.27. The first-order valence-corrected chi connectivity index (χ1v) is 9.61. The van der Waals surface area contributed by atoms with Crippen LogP contribution < -0.4 is 10.5 Å². The molecule has 2 heterocycles. The summed E-state index contributed by atoms with van der Waals surface area (Å²) in [5, 5.41) is 0. The molecule has 0 aliphatic carbocycles. The molecule has 8 nitrogen and oxygen atoms in total. The quantitative estimate of drug-likeness (QED) is 0.699. The number of ether oxygens (including phenoxy) is 3. The molecule has 2 saturated heterocycles. The van der Waals surface area contributed by atoms with Crippen molar-refractivity contribution < 1.29 is 28.6 Å². The topological polar surface area (TPSA) is 108 Å². The van der Waals surface area contributed by atoms with Crippen LogP contribution in [0.3, 0.4) is 0 Å². The summed E-state index contributed by atoms with van der Waals surface area (Å²) in [6.45, 7) is 1.84. The molecular formula is C20H26N2O6. The second-order valence-corrected chi connectivity index (χ2v) is 7.10. The number of amides is 2. The van der Waals surface area contributed by atoms with Gasteiger partial charge in [-0.05, 0) is 49.9 Å². The molecule has 2 aliphatic rings. The summed E-state index contributed by atoms with van der Waals surface area (Å²) in [5.41, 5.74) is 5.64. The normalized spacial score (nSPS) is 20.0. The van der Waals surface area contributed by atoms with Crippen LogP contribution in [0.4, 0.5) is 0 Å². The zero-order valence-electron chi connectivity index (χ0n) is 15.8. The first-order valence-electron chi connectivity index (χ1n) is 9.61. The molecule has 0 spiro atoms. The number of piperidine rings is 1. The lowest BCUT2D eigenvalue weighted by molar-refractivity contribution is -0.137. The average Bonchev–Trinajstić information content (AvgIpc) is 3.24. The Balaban J connectivity index is 1.40. The summed E-state index contributed by atoms with van der Waals surface area (Å²) in [6, 6.07) is 6.61. The lowest BCUT2D eigenvalue weighted by atomic mass is 9.96. The van der Waals surface area contributed by atoms with Crippen molar-refractivity contribution in [1.82, 2.24) is 4.90 Å². The summed E-state index contributed by atoms with van der Waals surface area (Å²) in [5.74, 6) is -0.700. The van der Waals surface area contributed by atoms with Gasteiger partial charge in [0, 0.05) is 25.6 Å². The van der Waals surface area contributed by atoms with E-state index in [1.165, 1.54) is 0 Å². The van der Waals surface area contributed by atoms with Crippen LogP contribution >= 0.6 is 0 Å². The van der Waals surface area contributed by atoms with E-state index in [9.17, 15) is 14.4 Å². The van der Waals surface area contributed by atoms with Gasteiger partial charge in [-0.3, -0.25) is 9.59 Å². The van der Waals surface area contributed by atoms with Crippen LogP contribution in [0.1, 0.15) is 36.0 Å². The van der Waals surface area contributed by atoms with Crippen LogP contribution in [-0.4, -0.2) is 61.7 Å². The number of likely N-dealkylation sites (tertiary alicyclic amines) is 1. The molecule has 1 aromatic rings. The Labute approximate surface area is 163 Å². The Morgan fingerprint density at radius 3 is 2.43 bits per heavy atom. The van der Waals surface area contributed by atoms with Crippen molar-refractivity contribution in [3.05, 3.63) is 29.8 Å². The summed E-state index contributed by atoms with van der Waals surface area (Å²) in [4.78, 5) is 37.1. The van der Waals surface area contributed by atoms with Gasteiger partial charge in [0.1, 0.15) is 12.4 Å². The van der Waals surface area contributed by atoms with E-state index in [0.717, 1.165) is 19.4 Å². The van der Waals surface area contributed by atoms with Crippen LogP contribution in [0, 0.1) is 5.92 Å². The maximum absolute atomic E-state index is 12.2. The van der Waals surface area contributed by atoms with Gasteiger partial charge in [0.2, 0.25) is 5.91 Å². The summed E-state index contributed by atoms with van der Waals surface area (Å²) >= 11 is 0. The molecule has 0 saturated carbocycles. The Kier molecular flexibility index (Phi) is 6.86. The van der Waals surface area contributed by atoms with Crippen molar-refractivity contribution >= 4 is 17.8 Å². The third-order valence-electron chi connectivity index (χ3n) is 5.13. The Hall–Kier alpha value is -2.61. The van der Waals surface area contributed by atoms with Gasteiger partial charge >= 0.3 is 5.97 Å². The van der Waals surface area contributed by atoms with Gasteiger partial charge in [0.15, 0.2) is 6.61 Å². The maximum atomic E-state index is 12.2. The number of carbonyl (C=O) groups excluding carboxylic acids is 3. The van der Waals surface area contributed by atoms with Gasteiger partial charge in [-0.25, -0.2) is 4.79 Å². The molecule has 1 aromatic carbocycles. The lowest BCUT2D eigenvalue weighted by Gasteiger charge is -2.30. The highest BCUT2D eigenvalue weighted by Gasteiger charge is 2.26. The van der Waals surface area contributed by atoms with Gasteiger partial charge in [0.25, 0.3) is 5.91 Å². The van der Waals surface area contributed by atoms with E-state index in [4.69, 9.17) is 19.9 Å². The largest absolute Gasteiger partial charge is 0.491 e. The number of hydrogen-bond acceptors (Lipinski definition) is 6. The van der Waals surface area contributed by atoms with Crippen molar-refractivity contribution in [2.45, 2.75) is 31.8 Å². The second kappa shape index (κ2) is 9.54. The highest BCUT2D eigenvalue weighted by atomic mass is 16.5. The number of nitrogens with zero attached hydrogens (tertiary/aromatic N) is 1. The van der Waals surface area contributed by atoms with E-state index in [1.54, 1.807) is 29.2 Å². The first-order chi connectivity index (χ1) is 13.5. The van der Waals surface area contributed by atoms with Crippen LogP contribution in [0.2, 0.25) is 0 Å². The van der Waals surface area contributed by atoms with Crippen molar-refractivity contribution in [2.24, 2.45) is 11.7 Å². The van der Waals surface area contributed by atoms with E-state index in [-0.39, 0.29) is 30.4 Å². The molecule has 1 atom stereocenters. The predicted molar refractivity (Wildman–Crippen MR) is 99.7 cm³/mol. The van der Waals surface area contributed by atoms with Gasteiger partial charge in [-0.1, -0.05) is 0 Å². The van der Waals surface area contributed by atoms with Crippen LogP contribution in [0.5, 0.6) is 5.75 Å². The number of esters is 1. The van der Waals surface area contributed by atoms with Gasteiger partial charge in [-0.2, -0.15) is 0 Å². The van der Waals surface area contributed by atoms with Crippen molar-refractivity contribution in [3.8, 4) is 5.75 Å². The Morgan fingerprint density at radius 2 is 1.82 bits per heavy atom. The van der Waals surface area contributed by atoms with E-state index in [0.29, 0.717) is 43.9 Å². The van der Waals surface area contributed by atoms with Crippen molar-refractivity contribution in [1.29, 1.82) is 0 Å². The van der Waals surface area contributed by atoms with E-state index >= 15 is 0 Å². The molecule has 152 valence electrons. The van der Waals surface area contributed by atoms with E-state index < -0.39 is 5.97 Å². The number of rotatable bonds is 7. The third-order valence-corrected chi connectivity index (χ3v) is 5.13. The highest BCUT2D eigenvalue weighted by molar-refractivity contribution is 5.91. The fraction of sp³-hybridized carbons (Fsp3) is 0.550. The molecule has 0 aromatic heterocycles. The molecule has 8 heteroatoms. The number of benzene rings is 1. The molecule has 3 rings (SSSR count). The summed E-state index contributed by atoms with van der Waals surface area (Å²) < 4.78 is 16.3. The molecular weight excluding hydrogens is 364 g/mol. The van der Waals surface area contributed by atoms with E-state index in [1.807, 2.05) is 0 Å². The minimum Gasteiger partial charge on any atom is -0.491 e. The average molecular weight is 390 g/mol. The monoisotopic (exact) mass is 390 g/mol. The summed E-state index contributed by atoms with van der Waals surface area (Å²) in [7, 11) is 0. The van der Waals surface area contributed by atoms with Gasteiger partial charge < -0.3 is 24.8 Å². The third kappa shape index (κ3) is 5.45. The minimum absolute atomic E-state index is 0.128. The van der Waals surface area contributed by atoms with Crippen molar-refractivity contribution in [2.75, 3.05) is 32.9 Å². The maximum Gasteiger partial charge on any atom is 0.338 e. The molecule has 28 heavy (non-hydrogen) atoms. The van der Waals surface area contributed by atoms with Crippen LogP contribution in [0.15, 0.2) is 24.3 Å².